The molecule has 0 spiro atoms. The number of ether oxygens (including phenoxy) is 2. The minimum absolute atomic E-state index is 0. The van der Waals surface area contributed by atoms with Gasteiger partial charge in [-0.05, 0) is 49.6 Å². The molecule has 1 fully saturated rings. The van der Waals surface area contributed by atoms with Gasteiger partial charge in [-0.1, -0.05) is 12.1 Å². The van der Waals surface area contributed by atoms with E-state index in [1.165, 1.54) is 0 Å². The van der Waals surface area contributed by atoms with Gasteiger partial charge in [0.1, 0.15) is 0 Å². The summed E-state index contributed by atoms with van der Waals surface area (Å²) in [5.74, 6) is 2.18. The number of hydrogen-bond donors (Lipinski definition) is 3. The minimum atomic E-state index is -0.0347. The first-order valence-corrected chi connectivity index (χ1v) is 11.3. The predicted molar refractivity (Wildman–Crippen MR) is 142 cm³/mol. The van der Waals surface area contributed by atoms with Crippen molar-refractivity contribution in [3.05, 3.63) is 48.0 Å². The number of nitrogens with zero attached hydrogens (tertiary/aromatic N) is 2. The van der Waals surface area contributed by atoms with Crippen LogP contribution in [0.1, 0.15) is 31.7 Å². The molecule has 33 heavy (non-hydrogen) atoms. The molecule has 2 aliphatic heterocycles. The van der Waals surface area contributed by atoms with Crippen molar-refractivity contribution in [2.24, 2.45) is 4.99 Å². The number of benzene rings is 2. The maximum atomic E-state index is 12.4. The van der Waals surface area contributed by atoms with Gasteiger partial charge in [-0.2, -0.15) is 0 Å². The smallest absolute Gasteiger partial charge is 0.321 e. The largest absolute Gasteiger partial charge is 0.490 e. The number of hydrogen-bond acceptors (Lipinski definition) is 4. The molecule has 2 aliphatic rings. The number of nitrogens with one attached hydrogen (secondary N) is 3. The summed E-state index contributed by atoms with van der Waals surface area (Å²) in [5, 5.41) is 9.59. The van der Waals surface area contributed by atoms with Crippen LogP contribution in [0.5, 0.6) is 11.5 Å². The summed E-state index contributed by atoms with van der Waals surface area (Å²) in [6, 6.07) is 13.6. The normalized spacial score (nSPS) is 15.3. The zero-order valence-electron chi connectivity index (χ0n) is 18.9. The average Bonchev–Trinajstić information content (AvgIpc) is 3.24. The Morgan fingerprint density at radius 2 is 1.73 bits per heavy atom. The van der Waals surface area contributed by atoms with Crippen molar-refractivity contribution in [1.82, 2.24) is 10.2 Å². The van der Waals surface area contributed by atoms with E-state index < -0.39 is 0 Å². The van der Waals surface area contributed by atoms with Crippen molar-refractivity contribution in [3.8, 4) is 11.5 Å². The lowest BCUT2D eigenvalue weighted by Crippen LogP contribution is -2.32. The number of halogens is 1. The predicted octanol–water partition coefficient (Wildman–Crippen LogP) is 4.67. The highest BCUT2D eigenvalue weighted by Crippen LogP contribution is 2.32. The number of fused-ring (bicyclic) bond motifs is 1. The average molecular weight is 565 g/mol. The molecule has 0 saturated carbocycles. The molecule has 178 valence electrons. The van der Waals surface area contributed by atoms with Gasteiger partial charge in [0.05, 0.1) is 19.8 Å². The third-order valence-electron chi connectivity index (χ3n) is 5.35. The summed E-state index contributed by atoms with van der Waals surface area (Å²) in [6.07, 6.45) is 3.02. The Balaban J connectivity index is 0.00000306. The molecule has 2 heterocycles. The molecule has 0 radical (unpaired) electrons. The van der Waals surface area contributed by atoms with Crippen LogP contribution in [-0.2, 0) is 6.54 Å². The van der Waals surface area contributed by atoms with Crippen molar-refractivity contribution in [1.29, 1.82) is 0 Å². The van der Waals surface area contributed by atoms with Gasteiger partial charge < -0.3 is 30.3 Å². The van der Waals surface area contributed by atoms with Crippen LogP contribution < -0.4 is 25.4 Å². The first kappa shape index (κ1) is 24.9. The Bertz CT molecular complexity index is 963. The standard InChI is InChI=1S/C24H31N5O3.HI/c1-2-25-23(27-20-9-10-21-22(16-20)32-14-6-13-31-21)26-17-18-7-5-8-19(15-18)28-24(30)29-11-3-4-12-29;/h5,7-10,15-16H,2-4,6,11-14,17H2,1H3,(H,28,30)(H2,25,26,27);1H. The molecule has 4 rings (SSSR count). The zero-order chi connectivity index (χ0) is 22.2. The molecule has 0 atom stereocenters. The fourth-order valence-corrected chi connectivity index (χ4v) is 3.73. The molecular weight excluding hydrogens is 533 g/mol. The number of amides is 2. The number of rotatable bonds is 5. The van der Waals surface area contributed by atoms with Crippen LogP contribution in [-0.4, -0.2) is 49.7 Å². The van der Waals surface area contributed by atoms with Crippen LogP contribution in [0.4, 0.5) is 16.2 Å². The van der Waals surface area contributed by atoms with E-state index in [-0.39, 0.29) is 30.0 Å². The molecule has 0 bridgehead atoms. The van der Waals surface area contributed by atoms with Crippen molar-refractivity contribution in [3.63, 3.8) is 0 Å². The first-order valence-electron chi connectivity index (χ1n) is 11.3. The number of carbonyl (C=O) groups is 1. The summed E-state index contributed by atoms with van der Waals surface area (Å²) >= 11 is 0. The molecule has 3 N–H and O–H groups in total. The summed E-state index contributed by atoms with van der Waals surface area (Å²) in [4.78, 5) is 18.9. The van der Waals surface area contributed by atoms with E-state index in [0.29, 0.717) is 25.7 Å². The third kappa shape index (κ3) is 7.15. The summed E-state index contributed by atoms with van der Waals surface area (Å²) < 4.78 is 11.5. The molecule has 1 saturated heterocycles. The topological polar surface area (TPSA) is 87.2 Å². The summed E-state index contributed by atoms with van der Waals surface area (Å²) in [6.45, 7) is 6.22. The summed E-state index contributed by atoms with van der Waals surface area (Å²) in [5.41, 5.74) is 2.68. The second kappa shape index (κ2) is 12.5. The Kier molecular flexibility index (Phi) is 9.47. The molecule has 2 amide bonds. The van der Waals surface area contributed by atoms with Gasteiger partial charge >= 0.3 is 6.03 Å². The van der Waals surface area contributed by atoms with Crippen molar-refractivity contribution in [2.75, 3.05) is 43.5 Å². The Morgan fingerprint density at radius 1 is 0.970 bits per heavy atom. The van der Waals surface area contributed by atoms with Gasteiger partial charge in [-0.25, -0.2) is 9.79 Å². The van der Waals surface area contributed by atoms with Gasteiger partial charge in [0.25, 0.3) is 0 Å². The maximum Gasteiger partial charge on any atom is 0.321 e. The highest BCUT2D eigenvalue weighted by Gasteiger charge is 2.17. The van der Waals surface area contributed by atoms with E-state index >= 15 is 0 Å². The SMILES string of the molecule is CCNC(=NCc1cccc(NC(=O)N2CCCC2)c1)Nc1ccc2c(c1)OCCCO2.I. The molecule has 2 aromatic carbocycles. The number of aliphatic imine (C=N–C) groups is 1. The molecule has 2 aromatic rings. The number of guanidine groups is 1. The van der Waals surface area contributed by atoms with E-state index in [1.54, 1.807) is 0 Å². The van der Waals surface area contributed by atoms with Crippen LogP contribution in [0, 0.1) is 0 Å². The fourth-order valence-electron chi connectivity index (χ4n) is 3.73. The van der Waals surface area contributed by atoms with E-state index in [4.69, 9.17) is 14.5 Å². The highest BCUT2D eigenvalue weighted by molar-refractivity contribution is 14.0. The Labute approximate surface area is 212 Å². The van der Waals surface area contributed by atoms with Crippen LogP contribution in [0.25, 0.3) is 0 Å². The van der Waals surface area contributed by atoms with Gasteiger partial charge in [0, 0.05) is 43.5 Å². The molecule has 0 aliphatic carbocycles. The van der Waals surface area contributed by atoms with Gasteiger partial charge in [0.2, 0.25) is 0 Å². The van der Waals surface area contributed by atoms with Crippen LogP contribution in [0.2, 0.25) is 0 Å². The molecule has 9 heteroatoms. The van der Waals surface area contributed by atoms with Gasteiger partial charge in [0.15, 0.2) is 17.5 Å². The van der Waals surface area contributed by atoms with Crippen LogP contribution in [0.3, 0.4) is 0 Å². The van der Waals surface area contributed by atoms with Crippen molar-refractivity contribution in [2.45, 2.75) is 32.7 Å². The monoisotopic (exact) mass is 565 g/mol. The Morgan fingerprint density at radius 3 is 2.52 bits per heavy atom. The second-order valence-corrected chi connectivity index (χ2v) is 7.86. The zero-order valence-corrected chi connectivity index (χ0v) is 21.3. The van der Waals surface area contributed by atoms with E-state index in [9.17, 15) is 4.79 Å². The molecule has 8 nitrogen and oxygen atoms in total. The maximum absolute atomic E-state index is 12.4. The van der Waals surface area contributed by atoms with Gasteiger partial charge in [-0.3, -0.25) is 0 Å². The fraction of sp³-hybridized carbons (Fsp3) is 0.417. The van der Waals surface area contributed by atoms with Crippen molar-refractivity contribution >= 4 is 47.3 Å². The minimum Gasteiger partial charge on any atom is -0.490 e. The summed E-state index contributed by atoms with van der Waals surface area (Å²) in [7, 11) is 0. The quantitative estimate of drug-likeness (QED) is 0.279. The van der Waals surface area contributed by atoms with Crippen LogP contribution in [0.15, 0.2) is 47.5 Å². The Hall–Kier alpha value is -2.69. The lowest BCUT2D eigenvalue weighted by atomic mass is 10.2. The van der Waals surface area contributed by atoms with E-state index in [2.05, 4.69) is 16.0 Å². The van der Waals surface area contributed by atoms with Gasteiger partial charge in [-0.15, -0.1) is 24.0 Å². The molecule has 0 unspecified atom stereocenters. The third-order valence-corrected chi connectivity index (χ3v) is 5.35. The number of urea groups is 1. The van der Waals surface area contributed by atoms with Crippen LogP contribution >= 0.6 is 24.0 Å². The van der Waals surface area contributed by atoms with E-state index in [1.807, 2.05) is 54.3 Å². The lowest BCUT2D eigenvalue weighted by molar-refractivity contribution is 0.222. The highest BCUT2D eigenvalue weighted by atomic mass is 127. The van der Waals surface area contributed by atoms with Crippen molar-refractivity contribution < 1.29 is 14.3 Å². The molecule has 0 aromatic heterocycles. The number of likely N-dealkylation sites (tertiary alicyclic amines) is 1. The molecular formula is C24H32IN5O3. The first-order chi connectivity index (χ1) is 15.7. The number of carbonyl (C=O) groups excluding carboxylic acids is 1. The van der Waals surface area contributed by atoms with E-state index in [0.717, 1.165) is 67.3 Å². The number of anilines is 2. The lowest BCUT2D eigenvalue weighted by Gasteiger charge is -2.16. The second-order valence-electron chi connectivity index (χ2n) is 7.86.